The van der Waals surface area contributed by atoms with Gasteiger partial charge in [-0.15, -0.1) is 11.6 Å². The molecule has 0 amide bonds. The summed E-state index contributed by atoms with van der Waals surface area (Å²) in [7, 11) is 0. The highest BCUT2D eigenvalue weighted by molar-refractivity contribution is 6.16. The molecular formula is C11H14ClN5O4. The summed E-state index contributed by atoms with van der Waals surface area (Å²) in [6.07, 6.45) is -2.86. The third-order valence-corrected chi connectivity index (χ3v) is 3.64. The lowest BCUT2D eigenvalue weighted by Gasteiger charge is -2.16. The summed E-state index contributed by atoms with van der Waals surface area (Å²) >= 11 is 5.71. The number of ether oxygens (including phenoxy) is 1. The largest absolute Gasteiger partial charge is 0.394 e. The minimum atomic E-state index is -1.23. The summed E-state index contributed by atoms with van der Waals surface area (Å²) in [5.74, 6) is 0.553. The maximum atomic E-state index is 10.1. The Bertz CT molecular complexity index is 665. The fourth-order valence-corrected chi connectivity index (χ4v) is 2.46. The maximum Gasteiger partial charge on any atom is 0.168 e. The molecule has 4 atom stereocenters. The van der Waals surface area contributed by atoms with Crippen molar-refractivity contribution in [2.24, 2.45) is 0 Å². The summed E-state index contributed by atoms with van der Waals surface area (Å²) in [5, 5.41) is 29.0. The molecule has 0 saturated carbocycles. The van der Waals surface area contributed by atoms with E-state index in [4.69, 9.17) is 27.2 Å². The molecule has 0 unspecified atom stereocenters. The van der Waals surface area contributed by atoms with Crippen LogP contribution in [0.2, 0.25) is 0 Å². The van der Waals surface area contributed by atoms with Gasteiger partial charge in [0.05, 0.1) is 18.8 Å². The van der Waals surface area contributed by atoms with Gasteiger partial charge in [0.1, 0.15) is 29.7 Å². The smallest absolute Gasteiger partial charge is 0.168 e. The molecule has 3 heterocycles. The number of imidazole rings is 1. The van der Waals surface area contributed by atoms with Crippen molar-refractivity contribution in [2.45, 2.75) is 30.4 Å². The second kappa shape index (κ2) is 5.35. The van der Waals surface area contributed by atoms with Crippen LogP contribution in [0.15, 0.2) is 6.33 Å². The average Bonchev–Trinajstić information content (AvgIpc) is 3.02. The third kappa shape index (κ3) is 2.23. The van der Waals surface area contributed by atoms with E-state index in [1.54, 1.807) is 0 Å². The molecule has 5 N–H and O–H groups in total. The maximum absolute atomic E-state index is 10.1. The van der Waals surface area contributed by atoms with Gasteiger partial charge in [0.15, 0.2) is 17.7 Å². The molecule has 2 aromatic rings. The van der Waals surface area contributed by atoms with Gasteiger partial charge >= 0.3 is 0 Å². The highest BCUT2D eigenvalue weighted by Gasteiger charge is 2.44. The molecule has 114 valence electrons. The first-order chi connectivity index (χ1) is 10.1. The number of aliphatic hydroxyl groups is 3. The van der Waals surface area contributed by atoms with E-state index in [1.807, 2.05) is 0 Å². The Hall–Kier alpha value is -1.52. The molecule has 0 radical (unpaired) electrons. The molecule has 0 aromatic carbocycles. The molecule has 0 bridgehead atoms. The average molecular weight is 316 g/mol. The van der Waals surface area contributed by atoms with Crippen LogP contribution in [0.3, 0.4) is 0 Å². The summed E-state index contributed by atoms with van der Waals surface area (Å²) in [6.45, 7) is -0.411. The molecule has 2 aromatic heterocycles. The van der Waals surface area contributed by atoms with Gasteiger partial charge < -0.3 is 25.8 Å². The first-order valence-corrected chi connectivity index (χ1v) is 6.77. The molecule has 10 heteroatoms. The van der Waals surface area contributed by atoms with E-state index >= 15 is 0 Å². The van der Waals surface area contributed by atoms with Gasteiger partial charge in [-0.2, -0.15) is 0 Å². The van der Waals surface area contributed by atoms with Crippen molar-refractivity contribution in [2.75, 3.05) is 12.3 Å². The fraction of sp³-hybridized carbons (Fsp3) is 0.545. The zero-order valence-corrected chi connectivity index (χ0v) is 11.6. The number of nitrogens with two attached hydrogens (primary N) is 1. The Morgan fingerprint density at radius 3 is 2.71 bits per heavy atom. The minimum Gasteiger partial charge on any atom is -0.394 e. The lowest BCUT2D eigenvalue weighted by Crippen LogP contribution is -2.33. The van der Waals surface area contributed by atoms with Gasteiger partial charge in [0.2, 0.25) is 0 Å². The van der Waals surface area contributed by atoms with Crippen molar-refractivity contribution in [1.82, 2.24) is 19.5 Å². The van der Waals surface area contributed by atoms with E-state index in [0.29, 0.717) is 17.0 Å². The van der Waals surface area contributed by atoms with E-state index in [0.717, 1.165) is 0 Å². The standard InChI is InChI=1S/C11H14ClN5O4/c12-1-5-15-9(13)6-10(16-5)17(3-14-6)11-8(20)7(19)4(2-18)21-11/h3-4,7-8,11,18-20H,1-2H2,(H2,13,15,16)/t4-,7-,8-,11-/m1/s1. The molecule has 21 heavy (non-hydrogen) atoms. The van der Waals surface area contributed by atoms with Crippen molar-refractivity contribution >= 4 is 28.6 Å². The van der Waals surface area contributed by atoms with Crippen LogP contribution < -0.4 is 5.73 Å². The molecule has 0 aliphatic carbocycles. The first-order valence-electron chi connectivity index (χ1n) is 6.24. The Morgan fingerprint density at radius 1 is 1.33 bits per heavy atom. The quantitative estimate of drug-likeness (QED) is 0.516. The van der Waals surface area contributed by atoms with Crippen molar-refractivity contribution in [1.29, 1.82) is 0 Å². The predicted molar refractivity (Wildman–Crippen MR) is 72.3 cm³/mol. The van der Waals surface area contributed by atoms with Crippen LogP contribution >= 0.6 is 11.6 Å². The number of hydrogen-bond donors (Lipinski definition) is 4. The number of aromatic nitrogens is 4. The van der Waals surface area contributed by atoms with Gasteiger partial charge in [0.25, 0.3) is 0 Å². The number of nitrogen functional groups attached to an aromatic ring is 1. The fourth-order valence-electron chi connectivity index (χ4n) is 2.34. The number of halogens is 1. The lowest BCUT2D eigenvalue weighted by molar-refractivity contribution is -0.0511. The van der Waals surface area contributed by atoms with E-state index in [2.05, 4.69) is 15.0 Å². The van der Waals surface area contributed by atoms with Crippen molar-refractivity contribution in [3.63, 3.8) is 0 Å². The van der Waals surface area contributed by atoms with Crippen LogP contribution in [-0.4, -0.2) is 59.8 Å². The minimum absolute atomic E-state index is 0.0707. The zero-order valence-electron chi connectivity index (χ0n) is 10.8. The van der Waals surface area contributed by atoms with Crippen LogP contribution in [0.1, 0.15) is 12.1 Å². The Kier molecular flexibility index (Phi) is 3.68. The van der Waals surface area contributed by atoms with Gasteiger partial charge in [0, 0.05) is 0 Å². The Balaban J connectivity index is 2.07. The summed E-state index contributed by atoms with van der Waals surface area (Å²) < 4.78 is 6.88. The number of nitrogens with zero attached hydrogens (tertiary/aromatic N) is 4. The van der Waals surface area contributed by atoms with Crippen molar-refractivity contribution in [3.05, 3.63) is 12.2 Å². The molecule has 1 aliphatic rings. The zero-order chi connectivity index (χ0) is 15.1. The van der Waals surface area contributed by atoms with Crippen LogP contribution in [0.5, 0.6) is 0 Å². The van der Waals surface area contributed by atoms with Crippen LogP contribution in [0.4, 0.5) is 5.82 Å². The van der Waals surface area contributed by atoms with Crippen LogP contribution in [0.25, 0.3) is 11.2 Å². The second-order valence-corrected chi connectivity index (χ2v) is 4.98. The lowest BCUT2D eigenvalue weighted by atomic mass is 10.1. The number of rotatable bonds is 3. The summed E-state index contributed by atoms with van der Waals surface area (Å²) in [4.78, 5) is 12.3. The molecule has 1 saturated heterocycles. The van der Waals surface area contributed by atoms with Gasteiger partial charge in [-0.3, -0.25) is 4.57 Å². The molecule has 9 nitrogen and oxygen atoms in total. The SMILES string of the molecule is Nc1nc(CCl)nc2c1ncn2[C@@H]1O[C@H](CO)[C@@H](O)[C@H]1O. The number of fused-ring (bicyclic) bond motifs is 1. The topological polar surface area (TPSA) is 140 Å². The third-order valence-electron chi connectivity index (χ3n) is 3.41. The molecule has 3 rings (SSSR count). The van der Waals surface area contributed by atoms with Gasteiger partial charge in [-0.1, -0.05) is 0 Å². The Morgan fingerprint density at radius 2 is 2.10 bits per heavy atom. The van der Waals surface area contributed by atoms with E-state index in [9.17, 15) is 10.2 Å². The molecule has 1 aliphatic heterocycles. The predicted octanol–water partition coefficient (Wildman–Crippen LogP) is -1.24. The van der Waals surface area contributed by atoms with Gasteiger partial charge in [-0.05, 0) is 0 Å². The number of hydrogen-bond acceptors (Lipinski definition) is 8. The molecular weight excluding hydrogens is 302 g/mol. The highest BCUT2D eigenvalue weighted by Crippen LogP contribution is 2.31. The van der Waals surface area contributed by atoms with Crippen molar-refractivity contribution < 1.29 is 20.1 Å². The highest BCUT2D eigenvalue weighted by atomic mass is 35.5. The summed E-state index contributed by atoms with van der Waals surface area (Å²) in [5.41, 5.74) is 6.47. The molecule has 1 fully saturated rings. The number of aliphatic hydroxyl groups excluding tert-OH is 3. The molecule has 0 spiro atoms. The Labute approximate surface area is 124 Å². The van der Waals surface area contributed by atoms with Crippen LogP contribution in [-0.2, 0) is 10.6 Å². The second-order valence-electron chi connectivity index (χ2n) is 4.71. The first kappa shape index (κ1) is 14.4. The van der Waals surface area contributed by atoms with E-state index in [1.165, 1.54) is 10.9 Å². The van der Waals surface area contributed by atoms with E-state index < -0.39 is 31.1 Å². The van der Waals surface area contributed by atoms with Gasteiger partial charge in [-0.25, -0.2) is 15.0 Å². The normalized spacial score (nSPS) is 29.3. The number of alkyl halides is 1. The van der Waals surface area contributed by atoms with E-state index in [-0.39, 0.29) is 11.7 Å². The van der Waals surface area contributed by atoms with Crippen LogP contribution in [0, 0.1) is 0 Å². The summed E-state index contributed by atoms with van der Waals surface area (Å²) in [6, 6.07) is 0. The van der Waals surface area contributed by atoms with Crippen molar-refractivity contribution in [3.8, 4) is 0 Å². The monoisotopic (exact) mass is 315 g/mol. The number of anilines is 1.